The summed E-state index contributed by atoms with van der Waals surface area (Å²) < 4.78 is 2.14. The number of rotatable bonds is 3. The van der Waals surface area contributed by atoms with E-state index in [1.807, 2.05) is 55.6 Å². The molecule has 0 N–H and O–H groups in total. The summed E-state index contributed by atoms with van der Waals surface area (Å²) in [5.74, 6) is -0.666. The van der Waals surface area contributed by atoms with Crippen molar-refractivity contribution in [2.45, 2.75) is 32.7 Å². The van der Waals surface area contributed by atoms with Crippen molar-refractivity contribution in [1.29, 1.82) is 0 Å². The molecule has 1 aromatic heterocycles. The number of imide groups is 1. The monoisotopic (exact) mass is 332 g/mol. The van der Waals surface area contributed by atoms with Crippen LogP contribution in [0.2, 0.25) is 0 Å². The Hall–Kier alpha value is -2.88. The molecule has 4 heteroatoms. The Morgan fingerprint density at radius 2 is 1.76 bits per heavy atom. The van der Waals surface area contributed by atoms with Gasteiger partial charge in [0.25, 0.3) is 0 Å². The number of nitrogens with zero attached hydrogens (tertiary/aromatic N) is 2. The first-order chi connectivity index (χ1) is 12.1. The highest BCUT2D eigenvalue weighted by atomic mass is 16.2. The molecular formula is C21H20N2O2. The minimum absolute atomic E-state index is 0.127. The molecule has 4 rings (SSSR count). The van der Waals surface area contributed by atoms with Crippen molar-refractivity contribution in [3.8, 4) is 0 Å². The van der Waals surface area contributed by atoms with Crippen LogP contribution in [0.15, 0.2) is 54.7 Å². The highest BCUT2D eigenvalue weighted by molar-refractivity contribution is 6.23. The Morgan fingerprint density at radius 1 is 1.04 bits per heavy atom. The van der Waals surface area contributed by atoms with E-state index in [9.17, 15) is 9.59 Å². The molecule has 2 amide bonds. The lowest BCUT2D eigenvalue weighted by atomic mass is 9.97. The van der Waals surface area contributed by atoms with Gasteiger partial charge in [0.15, 0.2) is 0 Å². The second-order valence-electron chi connectivity index (χ2n) is 6.50. The standard InChI is InChI=1S/C21H20N2O2/c1-3-22-13-17(15-9-5-7-11-19(15)22)16-12-20(24)23(21(16)25)18-10-6-4-8-14(18)2/h4-11,13,16H,3,12H2,1-2H3. The molecule has 0 bridgehead atoms. The van der Waals surface area contributed by atoms with Gasteiger partial charge in [-0.3, -0.25) is 9.59 Å². The summed E-state index contributed by atoms with van der Waals surface area (Å²) in [5.41, 5.74) is 3.68. The number of carbonyl (C=O) groups is 2. The van der Waals surface area contributed by atoms with Crippen LogP contribution in [0, 0.1) is 6.92 Å². The van der Waals surface area contributed by atoms with Crippen molar-refractivity contribution in [2.24, 2.45) is 0 Å². The molecule has 4 nitrogen and oxygen atoms in total. The lowest BCUT2D eigenvalue weighted by molar-refractivity contribution is -0.121. The third-order valence-electron chi connectivity index (χ3n) is 5.04. The number of para-hydroxylation sites is 2. The molecule has 1 atom stereocenters. The van der Waals surface area contributed by atoms with E-state index in [0.29, 0.717) is 5.69 Å². The molecule has 0 spiro atoms. The number of benzene rings is 2. The smallest absolute Gasteiger partial charge is 0.241 e. The molecule has 0 saturated carbocycles. The van der Waals surface area contributed by atoms with Crippen molar-refractivity contribution < 1.29 is 9.59 Å². The number of aromatic nitrogens is 1. The third kappa shape index (κ3) is 2.37. The van der Waals surface area contributed by atoms with Crippen LogP contribution in [0.4, 0.5) is 5.69 Å². The Labute approximate surface area is 146 Å². The first-order valence-corrected chi connectivity index (χ1v) is 8.62. The van der Waals surface area contributed by atoms with Crippen molar-refractivity contribution >= 4 is 28.4 Å². The molecule has 2 aromatic carbocycles. The largest absolute Gasteiger partial charge is 0.347 e. The van der Waals surface area contributed by atoms with E-state index in [-0.39, 0.29) is 18.2 Å². The van der Waals surface area contributed by atoms with Crippen molar-refractivity contribution in [3.63, 3.8) is 0 Å². The van der Waals surface area contributed by atoms with Gasteiger partial charge < -0.3 is 4.57 Å². The van der Waals surface area contributed by atoms with E-state index in [2.05, 4.69) is 17.6 Å². The second-order valence-corrected chi connectivity index (χ2v) is 6.50. The third-order valence-corrected chi connectivity index (χ3v) is 5.04. The zero-order valence-corrected chi connectivity index (χ0v) is 14.4. The predicted molar refractivity (Wildman–Crippen MR) is 98.6 cm³/mol. The van der Waals surface area contributed by atoms with E-state index in [0.717, 1.165) is 28.6 Å². The molecule has 25 heavy (non-hydrogen) atoms. The van der Waals surface area contributed by atoms with Gasteiger partial charge in [-0.05, 0) is 37.1 Å². The number of hydrogen-bond acceptors (Lipinski definition) is 2. The SMILES string of the molecule is CCn1cc(C2CC(=O)N(c3ccccc3C)C2=O)c2ccccc21. The summed E-state index contributed by atoms with van der Waals surface area (Å²) in [6.45, 7) is 4.83. The fourth-order valence-corrected chi connectivity index (χ4v) is 3.76. The van der Waals surface area contributed by atoms with Crippen molar-refractivity contribution in [1.82, 2.24) is 4.57 Å². The first-order valence-electron chi connectivity index (χ1n) is 8.62. The van der Waals surface area contributed by atoms with Crippen LogP contribution in [-0.4, -0.2) is 16.4 Å². The fourth-order valence-electron chi connectivity index (χ4n) is 3.76. The zero-order valence-electron chi connectivity index (χ0n) is 14.4. The normalized spacial score (nSPS) is 17.7. The molecule has 2 heterocycles. The van der Waals surface area contributed by atoms with Gasteiger partial charge in [-0.1, -0.05) is 36.4 Å². The maximum Gasteiger partial charge on any atom is 0.241 e. The maximum absolute atomic E-state index is 13.1. The average molecular weight is 332 g/mol. The molecule has 3 aromatic rings. The number of amides is 2. The van der Waals surface area contributed by atoms with Gasteiger partial charge in [0.2, 0.25) is 11.8 Å². The number of aryl methyl sites for hydroxylation is 2. The summed E-state index contributed by atoms with van der Waals surface area (Å²) in [4.78, 5) is 27.1. The molecular weight excluding hydrogens is 312 g/mol. The zero-order chi connectivity index (χ0) is 17.6. The molecule has 1 unspecified atom stereocenters. The van der Waals surface area contributed by atoms with Gasteiger partial charge >= 0.3 is 0 Å². The Kier molecular flexibility index (Phi) is 3.68. The van der Waals surface area contributed by atoms with Crippen LogP contribution < -0.4 is 4.90 Å². The highest BCUT2D eigenvalue weighted by Crippen LogP contribution is 2.38. The van der Waals surface area contributed by atoms with Gasteiger partial charge in [0.1, 0.15) is 0 Å². The summed E-state index contributed by atoms with van der Waals surface area (Å²) >= 11 is 0. The Bertz CT molecular complexity index is 986. The highest BCUT2D eigenvalue weighted by Gasteiger charge is 2.41. The fraction of sp³-hybridized carbons (Fsp3) is 0.238. The molecule has 1 saturated heterocycles. The van der Waals surface area contributed by atoms with Gasteiger partial charge in [-0.15, -0.1) is 0 Å². The van der Waals surface area contributed by atoms with E-state index < -0.39 is 5.92 Å². The molecule has 1 fully saturated rings. The van der Waals surface area contributed by atoms with E-state index in [1.165, 1.54) is 4.90 Å². The van der Waals surface area contributed by atoms with Crippen LogP contribution >= 0.6 is 0 Å². The minimum Gasteiger partial charge on any atom is -0.347 e. The second kappa shape index (κ2) is 5.88. The molecule has 0 aliphatic carbocycles. The van der Waals surface area contributed by atoms with Crippen LogP contribution in [0.25, 0.3) is 10.9 Å². The van der Waals surface area contributed by atoms with Crippen LogP contribution in [0.3, 0.4) is 0 Å². The maximum atomic E-state index is 13.1. The van der Waals surface area contributed by atoms with Gasteiger partial charge in [0, 0.05) is 30.1 Å². The topological polar surface area (TPSA) is 42.3 Å². The number of fused-ring (bicyclic) bond motifs is 1. The number of carbonyl (C=O) groups excluding carboxylic acids is 2. The lowest BCUT2D eigenvalue weighted by Gasteiger charge is -2.17. The van der Waals surface area contributed by atoms with Gasteiger partial charge in [-0.2, -0.15) is 0 Å². The average Bonchev–Trinajstić information content (AvgIpc) is 3.13. The molecule has 1 aliphatic rings. The minimum atomic E-state index is -0.412. The quantitative estimate of drug-likeness (QED) is 0.680. The first kappa shape index (κ1) is 15.6. The Morgan fingerprint density at radius 3 is 2.52 bits per heavy atom. The summed E-state index contributed by atoms with van der Waals surface area (Å²) in [6.07, 6.45) is 2.26. The Balaban J connectivity index is 1.80. The van der Waals surface area contributed by atoms with Crippen molar-refractivity contribution in [3.05, 3.63) is 65.9 Å². The summed E-state index contributed by atoms with van der Waals surface area (Å²) in [7, 11) is 0. The van der Waals surface area contributed by atoms with E-state index in [1.54, 1.807) is 0 Å². The molecule has 1 aliphatic heterocycles. The van der Waals surface area contributed by atoms with Crippen LogP contribution in [-0.2, 0) is 16.1 Å². The number of hydrogen-bond donors (Lipinski definition) is 0. The predicted octanol–water partition coefficient (Wildman–Crippen LogP) is 4.02. The van der Waals surface area contributed by atoms with Crippen molar-refractivity contribution in [2.75, 3.05) is 4.90 Å². The summed E-state index contributed by atoms with van der Waals surface area (Å²) in [5, 5.41) is 1.06. The summed E-state index contributed by atoms with van der Waals surface area (Å²) in [6, 6.07) is 15.6. The van der Waals surface area contributed by atoms with Gasteiger partial charge in [-0.25, -0.2) is 4.90 Å². The lowest BCUT2D eigenvalue weighted by Crippen LogP contribution is -2.30. The molecule has 0 radical (unpaired) electrons. The van der Waals surface area contributed by atoms with Crippen LogP contribution in [0.5, 0.6) is 0 Å². The number of anilines is 1. The van der Waals surface area contributed by atoms with Crippen LogP contribution in [0.1, 0.15) is 30.4 Å². The van der Waals surface area contributed by atoms with E-state index in [4.69, 9.17) is 0 Å². The van der Waals surface area contributed by atoms with Gasteiger partial charge in [0.05, 0.1) is 11.6 Å². The van der Waals surface area contributed by atoms with E-state index >= 15 is 0 Å². The molecule has 126 valence electrons.